The molecule has 0 saturated heterocycles. The molecule has 0 bridgehead atoms. The number of hydrogen-bond acceptors (Lipinski definition) is 4. The van der Waals surface area contributed by atoms with Gasteiger partial charge in [0.2, 0.25) is 0 Å². The first-order valence-electron chi connectivity index (χ1n) is 8.24. The van der Waals surface area contributed by atoms with Gasteiger partial charge in [0.1, 0.15) is 10.5 Å². The quantitative estimate of drug-likeness (QED) is 0.476. The lowest BCUT2D eigenvalue weighted by Gasteiger charge is -2.12. The molecule has 0 aliphatic carbocycles. The van der Waals surface area contributed by atoms with Gasteiger partial charge in [-0.1, -0.05) is 41.9 Å². The average molecular weight is 415 g/mol. The fraction of sp³-hybridized carbons (Fsp3) is 0.0500. The first-order valence-corrected chi connectivity index (χ1v) is 9.50. The summed E-state index contributed by atoms with van der Waals surface area (Å²) in [6, 6.07) is 13.8. The molecule has 5 nitrogen and oxygen atoms in total. The molecule has 2 aromatic carbocycles. The molecule has 0 aliphatic heterocycles. The highest BCUT2D eigenvalue weighted by Gasteiger charge is 2.18. The maximum absolute atomic E-state index is 13.5. The number of ketones is 1. The minimum atomic E-state index is -0.692. The molecule has 4 rings (SSSR count). The summed E-state index contributed by atoms with van der Waals surface area (Å²) < 4.78 is 16.0. The molecule has 0 spiro atoms. The van der Waals surface area contributed by atoms with Crippen LogP contribution in [0.25, 0.3) is 15.9 Å². The van der Waals surface area contributed by atoms with E-state index >= 15 is 0 Å². The Morgan fingerprint density at radius 1 is 1.07 bits per heavy atom. The van der Waals surface area contributed by atoms with Crippen LogP contribution in [0.1, 0.15) is 10.4 Å². The van der Waals surface area contributed by atoms with E-state index in [0.717, 1.165) is 22.0 Å². The van der Waals surface area contributed by atoms with Crippen molar-refractivity contribution in [2.75, 3.05) is 0 Å². The number of carbonyl (C=O) groups excluding carboxylic acids is 1. The summed E-state index contributed by atoms with van der Waals surface area (Å²) in [5.74, 6) is -0.923. The zero-order chi connectivity index (χ0) is 19.8. The number of halogens is 2. The number of aromatic nitrogens is 2. The second-order valence-electron chi connectivity index (χ2n) is 6.03. The van der Waals surface area contributed by atoms with Gasteiger partial charge in [0.15, 0.2) is 5.78 Å². The fourth-order valence-corrected chi connectivity index (χ4v) is 3.95. The third kappa shape index (κ3) is 3.08. The topological polar surface area (TPSA) is 61.1 Å². The highest BCUT2D eigenvalue weighted by atomic mass is 35.5. The number of carbonyl (C=O) groups is 1. The van der Waals surface area contributed by atoms with E-state index in [1.165, 1.54) is 16.7 Å². The number of fused-ring (bicyclic) bond motifs is 1. The van der Waals surface area contributed by atoms with Crippen LogP contribution in [0.5, 0.6) is 0 Å². The van der Waals surface area contributed by atoms with E-state index in [9.17, 15) is 18.8 Å². The molecule has 4 aromatic rings. The number of nitrogens with zero attached hydrogens (tertiary/aromatic N) is 2. The first kappa shape index (κ1) is 18.3. The highest BCUT2D eigenvalue weighted by Crippen LogP contribution is 2.20. The van der Waals surface area contributed by atoms with Crippen molar-refractivity contribution in [3.8, 4) is 5.69 Å². The maximum Gasteiger partial charge on any atom is 0.336 e. The van der Waals surface area contributed by atoms with Gasteiger partial charge in [-0.3, -0.25) is 14.2 Å². The molecule has 0 N–H and O–H groups in total. The van der Waals surface area contributed by atoms with Gasteiger partial charge >= 0.3 is 5.69 Å². The van der Waals surface area contributed by atoms with Crippen molar-refractivity contribution in [1.82, 2.24) is 9.13 Å². The SMILES string of the molecule is O=C(Cn1c(=O)n(-c2ccc(F)c(Cl)c2)c(=O)c2sccc21)c1ccccc1. The summed E-state index contributed by atoms with van der Waals surface area (Å²) in [6.45, 7) is -0.231. The predicted octanol–water partition coefficient (Wildman–Crippen LogP) is 3.89. The van der Waals surface area contributed by atoms with Gasteiger partial charge in [0, 0.05) is 5.56 Å². The van der Waals surface area contributed by atoms with E-state index in [2.05, 4.69) is 0 Å². The Morgan fingerprint density at radius 3 is 2.54 bits per heavy atom. The zero-order valence-corrected chi connectivity index (χ0v) is 15.8. The number of hydrogen-bond donors (Lipinski definition) is 0. The Morgan fingerprint density at radius 2 is 1.82 bits per heavy atom. The van der Waals surface area contributed by atoms with Gasteiger partial charge in [0.25, 0.3) is 5.56 Å². The lowest BCUT2D eigenvalue weighted by atomic mass is 10.1. The second-order valence-corrected chi connectivity index (χ2v) is 7.36. The maximum atomic E-state index is 13.5. The van der Waals surface area contributed by atoms with Crippen molar-refractivity contribution in [1.29, 1.82) is 0 Å². The monoisotopic (exact) mass is 414 g/mol. The normalized spacial score (nSPS) is 11.1. The van der Waals surface area contributed by atoms with E-state index in [-0.39, 0.29) is 23.0 Å². The summed E-state index contributed by atoms with van der Waals surface area (Å²) in [4.78, 5) is 38.6. The van der Waals surface area contributed by atoms with Crippen molar-refractivity contribution < 1.29 is 9.18 Å². The van der Waals surface area contributed by atoms with Crippen molar-refractivity contribution in [2.45, 2.75) is 6.54 Å². The van der Waals surface area contributed by atoms with E-state index < -0.39 is 17.1 Å². The van der Waals surface area contributed by atoms with Crippen LogP contribution in [0.4, 0.5) is 4.39 Å². The van der Waals surface area contributed by atoms with E-state index in [1.807, 2.05) is 0 Å². The van der Waals surface area contributed by atoms with Gasteiger partial charge in [0.05, 0.1) is 22.8 Å². The minimum absolute atomic E-state index is 0.137. The second kappa shape index (κ2) is 7.18. The summed E-state index contributed by atoms with van der Waals surface area (Å²) in [7, 11) is 0. The lowest BCUT2D eigenvalue weighted by molar-refractivity contribution is 0.0971. The third-order valence-electron chi connectivity index (χ3n) is 4.31. The Labute approximate surface area is 166 Å². The van der Waals surface area contributed by atoms with Crippen molar-refractivity contribution in [3.05, 3.63) is 97.2 Å². The van der Waals surface area contributed by atoms with Crippen molar-refractivity contribution in [3.63, 3.8) is 0 Å². The average Bonchev–Trinajstić information content (AvgIpc) is 3.18. The van der Waals surface area contributed by atoms with Crippen LogP contribution in [0.2, 0.25) is 5.02 Å². The van der Waals surface area contributed by atoms with Crippen LogP contribution in [0.3, 0.4) is 0 Å². The van der Waals surface area contributed by atoms with Gasteiger partial charge in [-0.25, -0.2) is 13.8 Å². The smallest absolute Gasteiger partial charge is 0.292 e. The van der Waals surface area contributed by atoms with Gasteiger partial charge in [-0.05, 0) is 29.6 Å². The summed E-state index contributed by atoms with van der Waals surface area (Å²) in [6.07, 6.45) is 0. The molecule has 0 radical (unpaired) electrons. The van der Waals surface area contributed by atoms with Crippen LogP contribution in [0.15, 0.2) is 69.6 Å². The van der Waals surface area contributed by atoms with Gasteiger partial charge in [-0.2, -0.15) is 0 Å². The number of thiophene rings is 1. The van der Waals surface area contributed by atoms with Crippen LogP contribution in [-0.2, 0) is 6.54 Å². The Bertz CT molecular complexity index is 1330. The molecule has 140 valence electrons. The standard InChI is InChI=1S/C20H12ClFN2O3S/c21-14-10-13(6-7-15(14)22)24-19(26)18-16(8-9-28-18)23(20(24)27)11-17(25)12-4-2-1-3-5-12/h1-10H,11H2. The molecule has 28 heavy (non-hydrogen) atoms. The minimum Gasteiger partial charge on any atom is -0.292 e. The number of benzene rings is 2. The molecule has 0 fully saturated rings. The summed E-state index contributed by atoms with van der Waals surface area (Å²) in [5.41, 5.74) is -0.254. The molecule has 0 atom stereocenters. The van der Waals surface area contributed by atoms with Crippen LogP contribution < -0.4 is 11.2 Å². The van der Waals surface area contributed by atoms with Gasteiger partial charge in [-0.15, -0.1) is 11.3 Å². The Hall–Kier alpha value is -3.03. The van der Waals surface area contributed by atoms with Crippen LogP contribution in [0, 0.1) is 5.82 Å². The molecule has 2 heterocycles. The van der Waals surface area contributed by atoms with Crippen LogP contribution >= 0.6 is 22.9 Å². The highest BCUT2D eigenvalue weighted by molar-refractivity contribution is 7.17. The lowest BCUT2D eigenvalue weighted by Crippen LogP contribution is -2.39. The molecule has 0 saturated carbocycles. The summed E-state index contributed by atoms with van der Waals surface area (Å²) in [5, 5.41) is 1.47. The molecule has 0 amide bonds. The van der Waals surface area contributed by atoms with E-state index in [1.54, 1.807) is 41.8 Å². The molecular weight excluding hydrogens is 403 g/mol. The molecule has 2 aromatic heterocycles. The first-order chi connectivity index (χ1) is 13.5. The van der Waals surface area contributed by atoms with Gasteiger partial charge < -0.3 is 0 Å². The molecule has 8 heteroatoms. The number of Topliss-reactive ketones (excluding diaryl/α,β-unsaturated/α-hetero) is 1. The van der Waals surface area contributed by atoms with Crippen molar-refractivity contribution >= 4 is 38.9 Å². The molecule has 0 aliphatic rings. The third-order valence-corrected chi connectivity index (χ3v) is 5.49. The molecule has 0 unspecified atom stereocenters. The Balaban J connectivity index is 1.93. The predicted molar refractivity (Wildman–Crippen MR) is 107 cm³/mol. The fourth-order valence-electron chi connectivity index (χ4n) is 2.95. The van der Waals surface area contributed by atoms with E-state index in [0.29, 0.717) is 15.8 Å². The zero-order valence-electron chi connectivity index (χ0n) is 14.3. The Kier molecular flexibility index (Phi) is 4.70. The summed E-state index contributed by atoms with van der Waals surface area (Å²) >= 11 is 6.98. The van der Waals surface area contributed by atoms with Crippen LogP contribution in [-0.4, -0.2) is 14.9 Å². The van der Waals surface area contributed by atoms with E-state index in [4.69, 9.17) is 11.6 Å². The largest absolute Gasteiger partial charge is 0.336 e. The van der Waals surface area contributed by atoms with Crippen molar-refractivity contribution in [2.24, 2.45) is 0 Å². The molecular formula is C20H12ClFN2O3S. The number of rotatable bonds is 4.